The Bertz CT molecular complexity index is 441. The average Bonchev–Trinajstić information content (AvgIpc) is 2.39. The van der Waals surface area contributed by atoms with Gasteiger partial charge in [0.15, 0.2) is 0 Å². The molecule has 1 rings (SSSR count). The molecule has 0 heteroatoms. The van der Waals surface area contributed by atoms with E-state index in [-0.39, 0.29) is 0 Å². The summed E-state index contributed by atoms with van der Waals surface area (Å²) in [6.07, 6.45) is 9.55. The van der Waals surface area contributed by atoms with E-state index in [1.54, 1.807) is 0 Å². The quantitative estimate of drug-likeness (QED) is 0.491. The standard InChI is InChI=1S/C20H30/c1-16(2)8-6-9-17(3)10-7-11-19(5)20-14-12-18(4)13-15-20/h8,10,12-15,19H,6-7,9,11H2,1-5H3/t19-/m0/s1. The number of hydrogen-bond acceptors (Lipinski definition) is 0. The largest absolute Gasteiger partial charge is 0.0856 e. The fourth-order valence-electron chi connectivity index (χ4n) is 2.33. The molecule has 110 valence electrons. The molecule has 0 aliphatic rings. The van der Waals surface area contributed by atoms with E-state index in [0.29, 0.717) is 5.92 Å². The smallest absolute Gasteiger partial charge is 0.0187 e. The molecule has 0 saturated carbocycles. The molecule has 0 unspecified atom stereocenters. The highest BCUT2D eigenvalue weighted by Gasteiger charge is 2.03. The van der Waals surface area contributed by atoms with Crippen molar-refractivity contribution in [1.82, 2.24) is 0 Å². The first-order valence-electron chi connectivity index (χ1n) is 7.84. The normalized spacial score (nSPS) is 13.2. The van der Waals surface area contributed by atoms with Crippen molar-refractivity contribution in [1.29, 1.82) is 0 Å². The van der Waals surface area contributed by atoms with E-state index in [4.69, 9.17) is 0 Å². The fourth-order valence-corrected chi connectivity index (χ4v) is 2.33. The number of hydrogen-bond donors (Lipinski definition) is 0. The summed E-state index contributed by atoms with van der Waals surface area (Å²) in [5.74, 6) is 0.650. The summed E-state index contributed by atoms with van der Waals surface area (Å²) in [4.78, 5) is 0. The average molecular weight is 270 g/mol. The van der Waals surface area contributed by atoms with Crippen LogP contribution in [0, 0.1) is 6.92 Å². The van der Waals surface area contributed by atoms with E-state index in [1.165, 1.54) is 48.0 Å². The van der Waals surface area contributed by atoms with Crippen molar-refractivity contribution in [2.45, 2.75) is 66.2 Å². The Morgan fingerprint density at radius 1 is 1.00 bits per heavy atom. The van der Waals surface area contributed by atoms with Gasteiger partial charge < -0.3 is 0 Å². The lowest BCUT2D eigenvalue weighted by Gasteiger charge is -2.11. The van der Waals surface area contributed by atoms with Crippen molar-refractivity contribution in [2.75, 3.05) is 0 Å². The van der Waals surface area contributed by atoms with Crippen molar-refractivity contribution in [3.8, 4) is 0 Å². The molecule has 0 saturated heterocycles. The van der Waals surface area contributed by atoms with Crippen LogP contribution >= 0.6 is 0 Å². The number of aryl methyl sites for hydroxylation is 1. The molecule has 0 bridgehead atoms. The molecular formula is C20H30. The Morgan fingerprint density at radius 2 is 1.65 bits per heavy atom. The van der Waals surface area contributed by atoms with Crippen molar-refractivity contribution in [3.05, 3.63) is 58.7 Å². The van der Waals surface area contributed by atoms with Gasteiger partial charge in [0.25, 0.3) is 0 Å². The molecule has 0 heterocycles. The van der Waals surface area contributed by atoms with E-state index in [9.17, 15) is 0 Å². The van der Waals surface area contributed by atoms with Crippen LogP contribution in [0.3, 0.4) is 0 Å². The van der Waals surface area contributed by atoms with Crippen LogP contribution in [0.25, 0.3) is 0 Å². The molecule has 0 amide bonds. The second-order valence-corrected chi connectivity index (χ2v) is 6.26. The van der Waals surface area contributed by atoms with Crippen molar-refractivity contribution < 1.29 is 0 Å². The van der Waals surface area contributed by atoms with Crippen LogP contribution in [0.4, 0.5) is 0 Å². The summed E-state index contributed by atoms with van der Waals surface area (Å²) in [6.45, 7) is 11.1. The van der Waals surface area contributed by atoms with E-state index < -0.39 is 0 Å². The van der Waals surface area contributed by atoms with Gasteiger partial charge in [0.05, 0.1) is 0 Å². The molecule has 1 aromatic carbocycles. The lowest BCUT2D eigenvalue weighted by atomic mass is 9.95. The minimum absolute atomic E-state index is 0.650. The van der Waals surface area contributed by atoms with E-state index in [1.807, 2.05) is 0 Å². The SMILES string of the molecule is CC(C)=CCCC(C)=CCC[C@H](C)c1ccc(C)cc1. The van der Waals surface area contributed by atoms with Crippen LogP contribution in [-0.2, 0) is 0 Å². The third-order valence-electron chi connectivity index (χ3n) is 3.83. The molecule has 0 N–H and O–H groups in total. The van der Waals surface area contributed by atoms with Gasteiger partial charge in [-0.3, -0.25) is 0 Å². The van der Waals surface area contributed by atoms with Gasteiger partial charge in [-0.25, -0.2) is 0 Å². The molecule has 0 aliphatic carbocycles. The summed E-state index contributed by atoms with van der Waals surface area (Å²) in [5, 5.41) is 0. The summed E-state index contributed by atoms with van der Waals surface area (Å²) >= 11 is 0. The first kappa shape index (κ1) is 16.8. The molecule has 0 radical (unpaired) electrons. The van der Waals surface area contributed by atoms with Crippen LogP contribution in [-0.4, -0.2) is 0 Å². The second kappa shape index (κ2) is 8.79. The zero-order valence-electron chi connectivity index (χ0n) is 13.9. The maximum absolute atomic E-state index is 2.42. The van der Waals surface area contributed by atoms with Gasteiger partial charge in [-0.2, -0.15) is 0 Å². The van der Waals surface area contributed by atoms with E-state index in [0.717, 1.165) is 0 Å². The topological polar surface area (TPSA) is 0 Å². The Balaban J connectivity index is 2.35. The lowest BCUT2D eigenvalue weighted by molar-refractivity contribution is 0.687. The molecule has 1 aromatic rings. The maximum atomic E-state index is 2.42. The van der Waals surface area contributed by atoms with Gasteiger partial charge in [0.2, 0.25) is 0 Å². The number of allylic oxidation sites excluding steroid dienone is 4. The predicted octanol–water partition coefficient (Wildman–Crippen LogP) is 6.57. The molecular weight excluding hydrogens is 240 g/mol. The fraction of sp³-hybridized carbons (Fsp3) is 0.500. The summed E-state index contributed by atoms with van der Waals surface area (Å²) in [7, 11) is 0. The maximum Gasteiger partial charge on any atom is -0.0187 e. The van der Waals surface area contributed by atoms with Crippen LogP contribution in [0.1, 0.15) is 70.4 Å². The molecule has 0 nitrogen and oxygen atoms in total. The van der Waals surface area contributed by atoms with Crippen molar-refractivity contribution in [3.63, 3.8) is 0 Å². The van der Waals surface area contributed by atoms with Crippen molar-refractivity contribution >= 4 is 0 Å². The Morgan fingerprint density at radius 3 is 2.25 bits per heavy atom. The van der Waals surface area contributed by atoms with Gasteiger partial charge in [-0.15, -0.1) is 0 Å². The highest BCUT2D eigenvalue weighted by atomic mass is 14.1. The molecule has 0 aromatic heterocycles. The molecule has 1 atom stereocenters. The van der Waals surface area contributed by atoms with Gasteiger partial charge in [-0.1, -0.05) is 60.1 Å². The molecule has 0 spiro atoms. The number of rotatable bonds is 7. The highest BCUT2D eigenvalue weighted by molar-refractivity contribution is 5.24. The summed E-state index contributed by atoms with van der Waals surface area (Å²) in [6, 6.07) is 8.97. The monoisotopic (exact) mass is 270 g/mol. The van der Waals surface area contributed by atoms with E-state index in [2.05, 4.69) is 71.0 Å². The Kier molecular flexibility index (Phi) is 7.36. The van der Waals surface area contributed by atoms with Crippen LogP contribution in [0.15, 0.2) is 47.6 Å². The zero-order valence-corrected chi connectivity index (χ0v) is 13.9. The van der Waals surface area contributed by atoms with E-state index >= 15 is 0 Å². The first-order valence-corrected chi connectivity index (χ1v) is 7.84. The summed E-state index contributed by atoms with van der Waals surface area (Å²) in [5.41, 5.74) is 5.76. The second-order valence-electron chi connectivity index (χ2n) is 6.26. The number of benzene rings is 1. The highest BCUT2D eigenvalue weighted by Crippen LogP contribution is 2.21. The third-order valence-corrected chi connectivity index (χ3v) is 3.83. The first-order chi connectivity index (χ1) is 9.49. The molecule has 0 aliphatic heterocycles. The zero-order chi connectivity index (χ0) is 15.0. The minimum atomic E-state index is 0.650. The van der Waals surface area contributed by atoms with Crippen LogP contribution in [0.5, 0.6) is 0 Å². The molecule has 20 heavy (non-hydrogen) atoms. The molecule has 0 fully saturated rings. The van der Waals surface area contributed by atoms with Gasteiger partial charge in [0, 0.05) is 0 Å². The van der Waals surface area contributed by atoms with Crippen LogP contribution < -0.4 is 0 Å². The lowest BCUT2D eigenvalue weighted by Crippen LogP contribution is -1.93. The summed E-state index contributed by atoms with van der Waals surface area (Å²) < 4.78 is 0. The third kappa shape index (κ3) is 6.75. The van der Waals surface area contributed by atoms with Crippen LogP contribution in [0.2, 0.25) is 0 Å². The minimum Gasteiger partial charge on any atom is -0.0856 e. The van der Waals surface area contributed by atoms with Gasteiger partial charge in [-0.05, 0) is 64.9 Å². The van der Waals surface area contributed by atoms with Gasteiger partial charge >= 0.3 is 0 Å². The van der Waals surface area contributed by atoms with Crippen molar-refractivity contribution in [2.24, 2.45) is 0 Å². The Hall–Kier alpha value is -1.30. The Labute approximate surface area is 125 Å². The predicted molar refractivity (Wildman–Crippen MR) is 91.3 cm³/mol. The van der Waals surface area contributed by atoms with Gasteiger partial charge in [0.1, 0.15) is 0 Å².